The molecule has 2 unspecified atom stereocenters. The lowest BCUT2D eigenvalue weighted by Crippen LogP contribution is -2.60. The number of nitrogens with one attached hydrogen (secondary N) is 3. The Bertz CT molecular complexity index is 1390. The van der Waals surface area contributed by atoms with Gasteiger partial charge in [-0.25, -0.2) is 0 Å². The van der Waals surface area contributed by atoms with E-state index in [4.69, 9.17) is 9.47 Å². The fourth-order valence-electron chi connectivity index (χ4n) is 6.13. The number of carbonyl (C=O) groups is 4. The van der Waals surface area contributed by atoms with Crippen LogP contribution < -0.4 is 20.7 Å². The number of benzene rings is 2. The Labute approximate surface area is 283 Å². The van der Waals surface area contributed by atoms with Crippen LogP contribution in [-0.2, 0) is 36.9 Å². The molecule has 2 heterocycles. The van der Waals surface area contributed by atoms with Gasteiger partial charge in [0.05, 0.1) is 13.2 Å². The minimum atomic E-state index is -1.28. The predicted octanol–water partition coefficient (Wildman–Crippen LogP) is 3.35. The van der Waals surface area contributed by atoms with Crippen LogP contribution in [0.4, 0.5) is 0 Å². The van der Waals surface area contributed by atoms with E-state index in [1.807, 2.05) is 55.5 Å². The quantitative estimate of drug-likeness (QED) is 0.241. The third-order valence-electron chi connectivity index (χ3n) is 9.29. The smallest absolute Gasteiger partial charge is 0.244 e. The summed E-state index contributed by atoms with van der Waals surface area (Å²) in [6.45, 7) is 4.65. The first-order chi connectivity index (χ1) is 22.8. The molecule has 10 nitrogen and oxygen atoms in total. The maximum atomic E-state index is 14.0. The Morgan fingerprint density at radius 3 is 2.66 bits per heavy atom. The van der Waals surface area contributed by atoms with E-state index in [1.54, 1.807) is 4.90 Å². The van der Waals surface area contributed by atoms with E-state index in [0.29, 0.717) is 45.1 Å². The van der Waals surface area contributed by atoms with Crippen molar-refractivity contribution >= 4 is 36.3 Å². The maximum absolute atomic E-state index is 14.0. The lowest BCUT2D eigenvalue weighted by molar-refractivity contribution is -0.137. The van der Waals surface area contributed by atoms with Crippen molar-refractivity contribution in [2.75, 3.05) is 32.9 Å². The third-order valence-corrected chi connectivity index (χ3v) is 9.81. The number of hydrogen-bond donors (Lipinski definition) is 4. The molecule has 5 rings (SSSR count). The molecule has 2 aliphatic heterocycles. The van der Waals surface area contributed by atoms with Crippen molar-refractivity contribution < 1.29 is 28.7 Å². The number of hydrogen-bond acceptors (Lipinski definition) is 7. The van der Waals surface area contributed by atoms with Crippen LogP contribution in [-0.4, -0.2) is 78.8 Å². The van der Waals surface area contributed by atoms with Crippen molar-refractivity contribution in [3.63, 3.8) is 0 Å². The number of aryl methyl sites for hydroxylation is 2. The first-order valence-corrected chi connectivity index (χ1v) is 17.5. The largest absolute Gasteiger partial charge is 0.494 e. The van der Waals surface area contributed by atoms with Gasteiger partial charge in [0.25, 0.3) is 0 Å². The van der Waals surface area contributed by atoms with E-state index in [-0.39, 0.29) is 37.3 Å². The zero-order valence-electron chi connectivity index (χ0n) is 27.2. The summed E-state index contributed by atoms with van der Waals surface area (Å²) >= 11 is 4.65. The van der Waals surface area contributed by atoms with Gasteiger partial charge in [0.15, 0.2) is 0 Å². The second-order valence-electron chi connectivity index (χ2n) is 13.1. The van der Waals surface area contributed by atoms with Gasteiger partial charge < -0.3 is 30.3 Å². The molecule has 3 N–H and O–H groups in total. The van der Waals surface area contributed by atoms with E-state index in [0.717, 1.165) is 54.5 Å². The minimum Gasteiger partial charge on any atom is -0.494 e. The molecule has 47 heavy (non-hydrogen) atoms. The number of carbonyl (C=O) groups excluding carboxylic acids is 4. The van der Waals surface area contributed by atoms with Crippen LogP contribution in [0.15, 0.2) is 48.5 Å². The standard InChI is InChI=1S/C36H48N4O6S/c1-24-9-13-29-20-28(24)21-37-34(42)30(14-12-25-6-3-2-4-7-25)38-35(43)32(39-31(41)16-18-45-23-27-10-11-27)33(47)36(44)40-17-5-8-26(22-40)15-19-46-29/h2-4,6-7,9,13,20,26-27,30,32-33,47H,5,8,10-12,14-19,21-23H2,1H3,(H,37,42)(H,38,43)(H,39,41)/t26?,30-,32-,33?/m0/s1. The summed E-state index contributed by atoms with van der Waals surface area (Å²) in [7, 11) is 0. The van der Waals surface area contributed by atoms with Gasteiger partial charge in [-0.15, -0.1) is 0 Å². The van der Waals surface area contributed by atoms with E-state index in [1.165, 1.54) is 0 Å². The van der Waals surface area contributed by atoms with Crippen LogP contribution in [0.25, 0.3) is 0 Å². The molecular formula is C36H48N4O6S. The highest BCUT2D eigenvalue weighted by molar-refractivity contribution is 7.82. The van der Waals surface area contributed by atoms with Gasteiger partial charge in [-0.1, -0.05) is 36.4 Å². The van der Waals surface area contributed by atoms with Gasteiger partial charge in [0.2, 0.25) is 23.6 Å². The molecule has 4 bridgehead atoms. The van der Waals surface area contributed by atoms with E-state index < -0.39 is 29.1 Å². The summed E-state index contributed by atoms with van der Waals surface area (Å²) in [6, 6.07) is 13.4. The molecule has 0 spiro atoms. The van der Waals surface area contributed by atoms with Crippen LogP contribution >= 0.6 is 12.6 Å². The van der Waals surface area contributed by atoms with Gasteiger partial charge in [-0.05, 0) is 92.5 Å². The van der Waals surface area contributed by atoms with E-state index >= 15 is 0 Å². The summed E-state index contributed by atoms with van der Waals surface area (Å²) in [6.07, 6.45) is 5.77. The highest BCUT2D eigenvalue weighted by Crippen LogP contribution is 2.29. The van der Waals surface area contributed by atoms with E-state index in [2.05, 4.69) is 28.6 Å². The first-order valence-electron chi connectivity index (χ1n) is 16.9. The van der Waals surface area contributed by atoms with Crippen LogP contribution in [0.2, 0.25) is 0 Å². The van der Waals surface area contributed by atoms with Crippen LogP contribution in [0.1, 0.15) is 61.6 Å². The average Bonchev–Trinajstić information content (AvgIpc) is 3.91. The number of thiol groups is 1. The molecule has 4 amide bonds. The molecule has 254 valence electrons. The second kappa shape index (κ2) is 17.0. The molecule has 3 aliphatic rings. The molecule has 0 aromatic heterocycles. The van der Waals surface area contributed by atoms with Crippen molar-refractivity contribution in [1.82, 2.24) is 20.9 Å². The Morgan fingerprint density at radius 2 is 1.87 bits per heavy atom. The Hall–Kier alpha value is -3.57. The predicted molar refractivity (Wildman–Crippen MR) is 182 cm³/mol. The Kier molecular flexibility index (Phi) is 12.6. The molecule has 11 heteroatoms. The maximum Gasteiger partial charge on any atom is 0.244 e. The van der Waals surface area contributed by atoms with Gasteiger partial charge in [0.1, 0.15) is 23.1 Å². The molecule has 4 atom stereocenters. The normalized spacial score (nSPS) is 24.3. The summed E-state index contributed by atoms with van der Waals surface area (Å²) in [4.78, 5) is 56.3. The fourth-order valence-corrected chi connectivity index (χ4v) is 6.50. The van der Waals surface area contributed by atoms with Crippen molar-refractivity contribution in [1.29, 1.82) is 0 Å². The molecule has 2 aromatic rings. The highest BCUT2D eigenvalue weighted by Gasteiger charge is 2.38. The summed E-state index contributed by atoms with van der Waals surface area (Å²) in [5, 5.41) is 7.49. The van der Waals surface area contributed by atoms with Gasteiger partial charge in [-0.2, -0.15) is 12.6 Å². The average molecular weight is 665 g/mol. The second-order valence-corrected chi connectivity index (χ2v) is 13.6. The lowest BCUT2D eigenvalue weighted by atomic mass is 9.94. The number of ether oxygens (including phenoxy) is 2. The van der Waals surface area contributed by atoms with Crippen LogP contribution in [0.5, 0.6) is 5.75 Å². The molecule has 1 saturated heterocycles. The lowest BCUT2D eigenvalue weighted by Gasteiger charge is -2.36. The third kappa shape index (κ3) is 10.5. The van der Waals surface area contributed by atoms with Gasteiger partial charge in [0, 0.05) is 32.7 Å². The van der Waals surface area contributed by atoms with E-state index in [9.17, 15) is 19.2 Å². The SMILES string of the molecule is Cc1ccc2cc1CNC(=O)[C@H](CCc1ccccc1)NC(=O)[C@@H](NC(=O)CCOCC1CC1)C(S)C(=O)N1CCCC(CCO2)C1. The van der Waals surface area contributed by atoms with Crippen molar-refractivity contribution in [2.45, 2.75) is 82.2 Å². The molecule has 2 fully saturated rings. The Morgan fingerprint density at radius 1 is 1.06 bits per heavy atom. The van der Waals surface area contributed by atoms with Crippen molar-refractivity contribution in [2.24, 2.45) is 11.8 Å². The topological polar surface area (TPSA) is 126 Å². The first kappa shape index (κ1) is 34.8. The minimum absolute atomic E-state index is 0.0489. The molecule has 1 aliphatic carbocycles. The highest BCUT2D eigenvalue weighted by atomic mass is 32.1. The summed E-state index contributed by atoms with van der Waals surface area (Å²) in [5.41, 5.74) is 2.96. The number of amides is 4. The zero-order chi connectivity index (χ0) is 33.2. The number of fused-ring (bicyclic) bond motifs is 4. The zero-order valence-corrected chi connectivity index (χ0v) is 28.1. The van der Waals surface area contributed by atoms with Crippen LogP contribution in [0, 0.1) is 18.8 Å². The molecular weight excluding hydrogens is 616 g/mol. The number of nitrogens with zero attached hydrogens (tertiary/aromatic N) is 1. The molecule has 2 aromatic carbocycles. The van der Waals surface area contributed by atoms with Gasteiger partial charge >= 0.3 is 0 Å². The summed E-state index contributed by atoms with van der Waals surface area (Å²) in [5.74, 6) is -0.185. The number of rotatable bonds is 9. The molecule has 0 radical (unpaired) electrons. The molecule has 1 saturated carbocycles. The fraction of sp³-hybridized carbons (Fsp3) is 0.556. The Balaban J connectivity index is 1.38. The van der Waals surface area contributed by atoms with Crippen molar-refractivity contribution in [3.05, 3.63) is 65.2 Å². The number of piperidine rings is 1. The van der Waals surface area contributed by atoms with Gasteiger partial charge in [-0.3, -0.25) is 19.2 Å². The van der Waals surface area contributed by atoms with Crippen molar-refractivity contribution in [3.8, 4) is 5.75 Å². The van der Waals surface area contributed by atoms with Crippen LogP contribution in [0.3, 0.4) is 0 Å². The monoisotopic (exact) mass is 664 g/mol. The summed E-state index contributed by atoms with van der Waals surface area (Å²) < 4.78 is 11.7.